The molecular formula is C17H17ClFN3. The third-order valence-corrected chi connectivity index (χ3v) is 4.19. The highest BCUT2D eigenvalue weighted by Gasteiger charge is 2.35. The van der Waals surface area contributed by atoms with Crippen LogP contribution in [0.4, 0.5) is 4.39 Å². The van der Waals surface area contributed by atoms with E-state index in [4.69, 9.17) is 11.6 Å². The normalized spacial score (nSPS) is 20.9. The number of nitrogens with one attached hydrogen (secondary N) is 1. The summed E-state index contributed by atoms with van der Waals surface area (Å²) < 4.78 is 13.1. The van der Waals surface area contributed by atoms with Crippen LogP contribution in [-0.4, -0.2) is 10.7 Å². The van der Waals surface area contributed by atoms with Crippen molar-refractivity contribution in [2.75, 3.05) is 0 Å². The molecule has 1 aliphatic heterocycles. The lowest BCUT2D eigenvalue weighted by Gasteiger charge is -2.24. The van der Waals surface area contributed by atoms with Gasteiger partial charge in [0.1, 0.15) is 11.0 Å². The lowest BCUT2D eigenvalue weighted by Crippen LogP contribution is -2.26. The summed E-state index contributed by atoms with van der Waals surface area (Å²) in [4.78, 5) is 4.15. The summed E-state index contributed by atoms with van der Waals surface area (Å²) >= 11 is 5.86. The first-order valence-corrected chi connectivity index (χ1v) is 7.64. The molecule has 0 saturated carbocycles. The van der Waals surface area contributed by atoms with Gasteiger partial charge in [-0.1, -0.05) is 43.6 Å². The molecule has 0 spiro atoms. The molecule has 0 aliphatic carbocycles. The second-order valence-electron chi connectivity index (χ2n) is 5.79. The number of halogens is 2. The third kappa shape index (κ3) is 2.83. The molecule has 2 heterocycles. The second-order valence-corrected chi connectivity index (χ2v) is 6.18. The summed E-state index contributed by atoms with van der Waals surface area (Å²) in [6.07, 6.45) is 1.78. The van der Waals surface area contributed by atoms with E-state index in [0.717, 1.165) is 16.8 Å². The molecule has 114 valence electrons. The van der Waals surface area contributed by atoms with Gasteiger partial charge >= 0.3 is 0 Å². The first kappa shape index (κ1) is 15.0. The smallest absolute Gasteiger partial charge is 0.129 e. The van der Waals surface area contributed by atoms with Crippen LogP contribution in [0.5, 0.6) is 0 Å². The van der Waals surface area contributed by atoms with Crippen LogP contribution in [0, 0.1) is 17.7 Å². The highest BCUT2D eigenvalue weighted by Crippen LogP contribution is 2.35. The fourth-order valence-corrected chi connectivity index (χ4v) is 2.99. The van der Waals surface area contributed by atoms with E-state index in [2.05, 4.69) is 29.4 Å². The van der Waals surface area contributed by atoms with Gasteiger partial charge in [0, 0.05) is 12.1 Å². The number of pyridine rings is 1. The Labute approximate surface area is 134 Å². The van der Waals surface area contributed by atoms with Crippen molar-refractivity contribution in [1.82, 2.24) is 10.4 Å². The first-order chi connectivity index (χ1) is 10.6. The highest BCUT2D eigenvalue weighted by molar-refractivity contribution is 6.29. The van der Waals surface area contributed by atoms with E-state index in [-0.39, 0.29) is 17.8 Å². The number of rotatable bonds is 3. The van der Waals surface area contributed by atoms with Gasteiger partial charge in [0.15, 0.2) is 0 Å². The molecule has 0 fully saturated rings. The molecule has 0 radical (unpaired) electrons. The van der Waals surface area contributed by atoms with Crippen LogP contribution < -0.4 is 5.43 Å². The molecule has 3 rings (SSSR count). The molecule has 1 aromatic carbocycles. The van der Waals surface area contributed by atoms with Crippen molar-refractivity contribution in [2.45, 2.75) is 19.9 Å². The predicted octanol–water partition coefficient (Wildman–Crippen LogP) is 4.19. The van der Waals surface area contributed by atoms with Crippen molar-refractivity contribution in [2.24, 2.45) is 16.9 Å². The van der Waals surface area contributed by atoms with Crippen LogP contribution in [0.15, 0.2) is 47.7 Å². The minimum Gasteiger partial charge on any atom is -0.302 e. The van der Waals surface area contributed by atoms with Crippen LogP contribution >= 0.6 is 11.6 Å². The molecule has 0 saturated heterocycles. The highest BCUT2D eigenvalue weighted by atomic mass is 35.5. The molecule has 0 amide bonds. The van der Waals surface area contributed by atoms with E-state index in [0.29, 0.717) is 11.1 Å². The van der Waals surface area contributed by atoms with E-state index in [1.54, 1.807) is 24.4 Å². The van der Waals surface area contributed by atoms with Crippen molar-refractivity contribution in [1.29, 1.82) is 0 Å². The summed E-state index contributed by atoms with van der Waals surface area (Å²) in [6, 6.07) is 10.3. The van der Waals surface area contributed by atoms with Crippen LogP contribution in [0.25, 0.3) is 0 Å². The zero-order valence-electron chi connectivity index (χ0n) is 12.4. The Morgan fingerprint density at radius 1 is 1.14 bits per heavy atom. The van der Waals surface area contributed by atoms with Gasteiger partial charge in [-0.15, -0.1) is 0 Å². The average Bonchev–Trinajstić information content (AvgIpc) is 2.94. The fourth-order valence-electron chi connectivity index (χ4n) is 2.88. The quantitative estimate of drug-likeness (QED) is 0.862. The molecule has 2 unspecified atom stereocenters. The number of hydrogen-bond acceptors (Lipinski definition) is 3. The van der Waals surface area contributed by atoms with Crippen molar-refractivity contribution in [3.63, 3.8) is 0 Å². The molecule has 2 aromatic rings. The molecule has 0 bridgehead atoms. The largest absolute Gasteiger partial charge is 0.302 e. The van der Waals surface area contributed by atoms with Crippen molar-refractivity contribution in [3.8, 4) is 0 Å². The topological polar surface area (TPSA) is 37.3 Å². The standard InChI is InChI=1S/C17H17ClFN3/c1-10(2)15-16(11-3-6-13(19)7-4-11)21-22-17(15)12-5-8-14(18)20-9-12/h3-10,15,17,22H,1-2H3. The summed E-state index contributed by atoms with van der Waals surface area (Å²) in [5, 5.41) is 4.98. The molecular weight excluding hydrogens is 301 g/mol. The van der Waals surface area contributed by atoms with Crippen molar-refractivity contribution < 1.29 is 4.39 Å². The Morgan fingerprint density at radius 3 is 2.45 bits per heavy atom. The Morgan fingerprint density at radius 2 is 1.86 bits per heavy atom. The van der Waals surface area contributed by atoms with E-state index in [1.165, 1.54) is 12.1 Å². The maximum atomic E-state index is 13.1. The van der Waals surface area contributed by atoms with Crippen LogP contribution in [0.3, 0.4) is 0 Å². The molecule has 1 aromatic heterocycles. The van der Waals surface area contributed by atoms with E-state index < -0.39 is 0 Å². The average molecular weight is 318 g/mol. The molecule has 5 heteroatoms. The Kier molecular flexibility index (Phi) is 4.12. The maximum absolute atomic E-state index is 13.1. The van der Waals surface area contributed by atoms with Gasteiger partial charge in [-0.05, 0) is 35.2 Å². The van der Waals surface area contributed by atoms with E-state index >= 15 is 0 Å². The van der Waals surface area contributed by atoms with Gasteiger partial charge in [-0.2, -0.15) is 5.10 Å². The number of nitrogens with zero attached hydrogens (tertiary/aromatic N) is 2. The minimum atomic E-state index is -0.241. The van der Waals surface area contributed by atoms with Crippen molar-refractivity contribution >= 4 is 17.3 Å². The van der Waals surface area contributed by atoms with Gasteiger partial charge in [0.05, 0.1) is 11.8 Å². The summed E-state index contributed by atoms with van der Waals surface area (Å²) in [5.74, 6) is 0.322. The minimum absolute atomic E-state index is 0.0461. The number of hydrogen-bond donors (Lipinski definition) is 1. The SMILES string of the molecule is CC(C)C1C(c2ccc(F)cc2)=NNC1c1ccc(Cl)nc1. The lowest BCUT2D eigenvalue weighted by atomic mass is 9.80. The third-order valence-electron chi connectivity index (χ3n) is 3.97. The monoisotopic (exact) mass is 317 g/mol. The van der Waals surface area contributed by atoms with Gasteiger partial charge in [-0.3, -0.25) is 0 Å². The van der Waals surface area contributed by atoms with Crippen LogP contribution in [-0.2, 0) is 0 Å². The molecule has 22 heavy (non-hydrogen) atoms. The van der Waals surface area contributed by atoms with Gasteiger partial charge < -0.3 is 5.43 Å². The first-order valence-electron chi connectivity index (χ1n) is 7.27. The molecule has 1 N–H and O–H groups in total. The van der Waals surface area contributed by atoms with Crippen LogP contribution in [0.1, 0.15) is 31.0 Å². The number of hydrazone groups is 1. The predicted molar refractivity (Wildman–Crippen MR) is 86.4 cm³/mol. The van der Waals surface area contributed by atoms with Gasteiger partial charge in [0.25, 0.3) is 0 Å². The zero-order valence-corrected chi connectivity index (χ0v) is 13.2. The Bertz CT molecular complexity index is 680. The van der Waals surface area contributed by atoms with E-state index in [1.807, 2.05) is 6.07 Å². The Balaban J connectivity index is 1.93. The lowest BCUT2D eigenvalue weighted by molar-refractivity contribution is 0.397. The fraction of sp³-hybridized carbons (Fsp3) is 0.294. The van der Waals surface area contributed by atoms with Crippen molar-refractivity contribution in [3.05, 3.63) is 64.7 Å². The summed E-state index contributed by atoms with van der Waals surface area (Å²) in [5.41, 5.74) is 6.14. The van der Waals surface area contributed by atoms with Gasteiger partial charge in [-0.25, -0.2) is 9.37 Å². The molecule has 1 aliphatic rings. The summed E-state index contributed by atoms with van der Waals surface area (Å²) in [7, 11) is 0. The van der Waals surface area contributed by atoms with E-state index in [9.17, 15) is 4.39 Å². The van der Waals surface area contributed by atoms with Gasteiger partial charge in [0.2, 0.25) is 0 Å². The molecule has 3 nitrogen and oxygen atoms in total. The second kappa shape index (κ2) is 6.05. The molecule has 2 atom stereocenters. The maximum Gasteiger partial charge on any atom is 0.129 e. The Hall–Kier alpha value is -1.94. The van der Waals surface area contributed by atoms with Crippen LogP contribution in [0.2, 0.25) is 5.15 Å². The number of aromatic nitrogens is 1. The summed E-state index contributed by atoms with van der Waals surface area (Å²) in [6.45, 7) is 4.32. The number of benzene rings is 1. The zero-order chi connectivity index (χ0) is 15.7.